The summed E-state index contributed by atoms with van der Waals surface area (Å²) in [6, 6.07) is 41.6. The summed E-state index contributed by atoms with van der Waals surface area (Å²) in [6.07, 6.45) is 13.6. The molecular formula is C66H77ClN10O10. The fraction of sp³-hybridized carbons (Fsp3) is 0.333. The van der Waals surface area contributed by atoms with Gasteiger partial charge < -0.3 is 59.9 Å². The van der Waals surface area contributed by atoms with Crippen molar-refractivity contribution in [2.45, 2.75) is 77.3 Å². The number of pyridine rings is 7. The second-order valence-electron chi connectivity index (χ2n) is 20.2. The number of unbranched alkanes of at least 4 members (excludes halogenated alkanes) is 4. The number of fused-ring (bicyclic) bond motifs is 6. The van der Waals surface area contributed by atoms with Gasteiger partial charge in [0.15, 0.2) is 0 Å². The summed E-state index contributed by atoms with van der Waals surface area (Å²) >= 11 is 5.64. The van der Waals surface area contributed by atoms with Crippen LogP contribution in [-0.4, -0.2) is 127 Å². The molecule has 9 aromatic rings. The molecule has 2 aromatic carbocycles. The Labute approximate surface area is 509 Å². The number of aliphatic hydroxyl groups excluding tert-OH is 3. The van der Waals surface area contributed by atoms with Gasteiger partial charge in [0.1, 0.15) is 34.2 Å². The zero-order chi connectivity index (χ0) is 61.3. The number of aliphatic hydroxyl groups is 3. The standard InChI is InChI=1S/C21H23N3O2.C12H12N2O3.C12H16N2O2.C9H11N.C8H5ClN2O.C4H10O2/c25-19-9-7-17-8-10-20(23-21(17)22-19)26-14-4-3-12-24-13-11-16-5-1-2-6-18(16)15-24;15-7-1-2-8-17-11-6-4-9-3-5-10(16)13-12(9)14-11;15-8-1-2-9-16-11-6-5-10-4-3-7-13-12(10)14-11;1-2-4-9-7-10-6-5-8(9)3-1;9-6-3-1-5-2-4-7(12)11-8(5)10-6;5-3-1-2-4-6/h1-2,5-10H,3-4,11-15H2,(H,22,23,25);3-7H,1-2,8H2,(H,13,14,16);3-6,15H,1-2,7-9H2,(H,13,14);1-4,10H,5-7H2;1-4H,(H,10,11,12);5-6H,1-4H2. The maximum atomic E-state index is 11.4. The van der Waals surface area contributed by atoms with Crippen LogP contribution in [0.5, 0.6) is 17.6 Å². The van der Waals surface area contributed by atoms with Crippen LogP contribution in [0.1, 0.15) is 79.2 Å². The molecule has 7 aromatic heterocycles. The molecule has 8 N–H and O–H groups in total. The van der Waals surface area contributed by atoms with Crippen molar-refractivity contribution in [2.24, 2.45) is 0 Å². The SMILES string of the molecule is O=CCCCOc1ccc2ccc(=O)[nH]c2n1.O=c1ccc2ccc(Cl)nc2[nH]1.O=c1ccc2ccc(OCCCCN3CCc4ccccc4C3)nc2[nH]1.OCCCCO.OCCCCOc1ccc2c(n1)NCC=C2.c1ccc2c(c1)CCNC2. The molecule has 0 saturated carbocycles. The molecule has 0 aliphatic carbocycles. The zero-order valence-corrected chi connectivity index (χ0v) is 49.6. The van der Waals surface area contributed by atoms with Crippen LogP contribution in [0.15, 0.2) is 154 Å². The van der Waals surface area contributed by atoms with Crippen LogP contribution in [0.4, 0.5) is 5.82 Å². The average molecular weight is 1210 g/mol. The van der Waals surface area contributed by atoms with Gasteiger partial charge in [-0.1, -0.05) is 72.3 Å². The van der Waals surface area contributed by atoms with E-state index in [9.17, 15) is 19.2 Å². The molecule has 458 valence electrons. The van der Waals surface area contributed by atoms with E-state index >= 15 is 0 Å². The van der Waals surface area contributed by atoms with E-state index in [1.807, 2.05) is 36.4 Å². The molecule has 10 heterocycles. The van der Waals surface area contributed by atoms with Crippen molar-refractivity contribution >= 4 is 62.9 Å². The fourth-order valence-corrected chi connectivity index (χ4v) is 9.22. The largest absolute Gasteiger partial charge is 0.478 e. The minimum Gasteiger partial charge on any atom is -0.478 e. The normalized spacial score (nSPS) is 12.6. The topological polar surface area (TPSA) is 283 Å². The number of anilines is 1. The third-order valence-electron chi connectivity index (χ3n) is 13.7. The molecule has 87 heavy (non-hydrogen) atoms. The lowest BCUT2D eigenvalue weighted by molar-refractivity contribution is -0.108. The van der Waals surface area contributed by atoms with Crippen molar-refractivity contribution in [3.05, 3.63) is 204 Å². The number of ether oxygens (including phenoxy) is 3. The summed E-state index contributed by atoms with van der Waals surface area (Å²) in [7, 11) is 0. The molecule has 3 aliphatic heterocycles. The van der Waals surface area contributed by atoms with Gasteiger partial charge in [0.05, 0.1) is 19.8 Å². The Morgan fingerprint density at radius 2 is 1.02 bits per heavy atom. The monoisotopic (exact) mass is 1200 g/mol. The van der Waals surface area contributed by atoms with Crippen LogP contribution in [-0.2, 0) is 30.7 Å². The number of aromatic amines is 3. The van der Waals surface area contributed by atoms with Crippen LogP contribution in [0.25, 0.3) is 39.2 Å². The molecule has 21 heteroatoms. The first-order chi connectivity index (χ1) is 42.6. The lowest BCUT2D eigenvalue weighted by Gasteiger charge is -2.28. The smallest absolute Gasteiger partial charge is 0.249 e. The molecule has 0 fully saturated rings. The Bertz CT molecular complexity index is 3740. The highest BCUT2D eigenvalue weighted by atomic mass is 35.5. The quantitative estimate of drug-likeness (QED) is 0.0213. The van der Waals surface area contributed by atoms with Gasteiger partial charge in [-0.2, -0.15) is 15.0 Å². The summed E-state index contributed by atoms with van der Waals surface area (Å²) in [4.78, 5) is 70.8. The van der Waals surface area contributed by atoms with Gasteiger partial charge in [-0.25, -0.2) is 4.98 Å². The maximum absolute atomic E-state index is 11.4. The van der Waals surface area contributed by atoms with Gasteiger partial charge >= 0.3 is 0 Å². The average Bonchev–Trinajstić information content (AvgIpc) is 3.75. The van der Waals surface area contributed by atoms with Crippen molar-refractivity contribution in [1.82, 2.24) is 45.1 Å². The molecule has 20 nitrogen and oxygen atoms in total. The van der Waals surface area contributed by atoms with Crippen molar-refractivity contribution in [2.75, 3.05) is 71.1 Å². The summed E-state index contributed by atoms with van der Waals surface area (Å²) < 4.78 is 16.6. The Hall–Kier alpha value is -8.63. The van der Waals surface area contributed by atoms with E-state index in [0.29, 0.717) is 72.4 Å². The number of carbonyl (C=O) groups excluding carboxylic acids is 1. The van der Waals surface area contributed by atoms with Gasteiger partial charge in [-0.3, -0.25) is 19.3 Å². The third kappa shape index (κ3) is 23.0. The fourth-order valence-electron chi connectivity index (χ4n) is 9.07. The zero-order valence-electron chi connectivity index (χ0n) is 48.8. The van der Waals surface area contributed by atoms with Crippen LogP contribution in [0.2, 0.25) is 5.15 Å². The first kappa shape index (κ1) is 65.9. The second kappa shape index (κ2) is 37.0. The number of aromatic nitrogens is 7. The van der Waals surface area contributed by atoms with Gasteiger partial charge in [0.25, 0.3) is 0 Å². The lowest BCUT2D eigenvalue weighted by atomic mass is 10.00. The highest BCUT2D eigenvalue weighted by Gasteiger charge is 2.15. The van der Waals surface area contributed by atoms with Gasteiger partial charge in [-0.15, -0.1) is 0 Å². The summed E-state index contributed by atoms with van der Waals surface area (Å²) in [5, 5.41) is 34.3. The molecule has 3 aliphatic rings. The van der Waals surface area contributed by atoms with E-state index in [0.717, 1.165) is 118 Å². The number of aldehydes is 1. The molecule has 0 bridgehead atoms. The lowest BCUT2D eigenvalue weighted by Crippen LogP contribution is -2.31. The molecule has 0 saturated heterocycles. The number of hydrogen-bond donors (Lipinski definition) is 8. The number of hydrogen-bond acceptors (Lipinski definition) is 17. The highest BCUT2D eigenvalue weighted by molar-refractivity contribution is 6.29. The van der Waals surface area contributed by atoms with E-state index < -0.39 is 0 Å². The van der Waals surface area contributed by atoms with Crippen molar-refractivity contribution < 1.29 is 34.3 Å². The maximum Gasteiger partial charge on any atom is 0.249 e. The Morgan fingerprint density at radius 3 is 1.61 bits per heavy atom. The second-order valence-corrected chi connectivity index (χ2v) is 20.6. The van der Waals surface area contributed by atoms with Gasteiger partial charge in [0.2, 0.25) is 34.3 Å². The number of halogens is 1. The van der Waals surface area contributed by atoms with Crippen molar-refractivity contribution in [1.29, 1.82) is 0 Å². The van der Waals surface area contributed by atoms with Gasteiger partial charge in [-0.05, 0) is 142 Å². The molecule has 12 rings (SSSR count). The number of rotatable bonds is 19. The number of benzene rings is 2. The van der Waals surface area contributed by atoms with E-state index in [2.05, 4.69) is 105 Å². The number of H-pyrrole nitrogens is 3. The minimum absolute atomic E-state index is 0.148. The highest BCUT2D eigenvalue weighted by Crippen LogP contribution is 2.23. The summed E-state index contributed by atoms with van der Waals surface area (Å²) in [5.41, 5.74) is 8.12. The van der Waals surface area contributed by atoms with Gasteiger partial charge in [0, 0.05) is 111 Å². The number of nitrogens with one attached hydrogen (secondary N) is 5. The van der Waals surface area contributed by atoms with E-state index in [1.54, 1.807) is 36.4 Å². The summed E-state index contributed by atoms with van der Waals surface area (Å²) in [6.45, 7) is 8.57. The Kier molecular flexibility index (Phi) is 28.1. The van der Waals surface area contributed by atoms with E-state index in [4.69, 9.17) is 41.1 Å². The first-order valence-electron chi connectivity index (χ1n) is 29.4. The van der Waals surface area contributed by atoms with E-state index in [-0.39, 0.29) is 36.5 Å². The van der Waals surface area contributed by atoms with Crippen molar-refractivity contribution in [3.8, 4) is 17.6 Å². The predicted molar refractivity (Wildman–Crippen MR) is 342 cm³/mol. The Morgan fingerprint density at radius 1 is 0.529 bits per heavy atom. The van der Waals surface area contributed by atoms with Crippen molar-refractivity contribution in [3.63, 3.8) is 0 Å². The molecule has 0 amide bonds. The molecule has 0 atom stereocenters. The summed E-state index contributed by atoms with van der Waals surface area (Å²) in [5.74, 6) is 2.53. The first-order valence-corrected chi connectivity index (χ1v) is 29.8. The number of nitrogens with zero attached hydrogens (tertiary/aromatic N) is 5. The molecule has 0 radical (unpaired) electrons. The minimum atomic E-state index is -0.192. The van der Waals surface area contributed by atoms with Crippen LogP contribution in [0.3, 0.4) is 0 Å². The molecule has 0 spiro atoms. The van der Waals surface area contributed by atoms with Crippen LogP contribution >= 0.6 is 11.6 Å². The molecule has 0 unspecified atom stereocenters. The number of carbonyl (C=O) groups is 1. The molecular weight excluding hydrogens is 1130 g/mol. The Balaban J connectivity index is 0.000000157. The third-order valence-corrected chi connectivity index (χ3v) is 13.9. The van der Waals surface area contributed by atoms with E-state index in [1.165, 1.54) is 46.9 Å². The van der Waals surface area contributed by atoms with Crippen LogP contribution < -0.4 is 41.5 Å². The van der Waals surface area contributed by atoms with Crippen LogP contribution in [0, 0.1) is 0 Å². The predicted octanol–water partition coefficient (Wildman–Crippen LogP) is 8.75.